The first-order valence-corrected chi connectivity index (χ1v) is 4.35. The lowest BCUT2D eigenvalue weighted by atomic mass is 10.2. The highest BCUT2D eigenvalue weighted by Gasteiger charge is 2.32. The Morgan fingerprint density at radius 3 is 2.38 bits per heavy atom. The highest BCUT2D eigenvalue weighted by atomic mass is 35.5. The number of rotatable bonds is 3. The standard InChI is InChI=1S/C9H6ClF3O3/c1-15-7-4-5(8(10)14)2-3-6(7)16-9(11,12)13/h2-4H,1H3. The van der Waals surface area contributed by atoms with E-state index in [1.165, 1.54) is 0 Å². The normalized spacial score (nSPS) is 11.1. The Hall–Kier alpha value is -1.43. The van der Waals surface area contributed by atoms with E-state index in [0.717, 1.165) is 25.3 Å². The fourth-order valence-electron chi connectivity index (χ4n) is 0.999. The summed E-state index contributed by atoms with van der Waals surface area (Å²) >= 11 is 5.16. The minimum absolute atomic E-state index is 0.0213. The number of alkyl halides is 3. The Balaban J connectivity index is 3.07. The van der Waals surface area contributed by atoms with Gasteiger partial charge in [0, 0.05) is 5.56 Å². The van der Waals surface area contributed by atoms with Crippen LogP contribution in [0.25, 0.3) is 0 Å². The number of carbonyl (C=O) groups is 1. The van der Waals surface area contributed by atoms with E-state index in [9.17, 15) is 18.0 Å². The lowest BCUT2D eigenvalue weighted by molar-refractivity contribution is -0.275. The number of ether oxygens (including phenoxy) is 2. The second-order valence-electron chi connectivity index (χ2n) is 2.69. The van der Waals surface area contributed by atoms with Crippen molar-refractivity contribution in [2.75, 3.05) is 7.11 Å². The number of hydrogen-bond acceptors (Lipinski definition) is 3. The van der Waals surface area contributed by atoms with Gasteiger partial charge in [-0.15, -0.1) is 13.2 Å². The molecule has 3 nitrogen and oxygen atoms in total. The molecule has 0 aromatic heterocycles. The summed E-state index contributed by atoms with van der Waals surface area (Å²) in [6.07, 6.45) is -4.82. The highest BCUT2D eigenvalue weighted by Crippen LogP contribution is 2.33. The van der Waals surface area contributed by atoms with E-state index in [-0.39, 0.29) is 11.3 Å². The van der Waals surface area contributed by atoms with Gasteiger partial charge in [0.15, 0.2) is 11.5 Å². The second-order valence-corrected chi connectivity index (χ2v) is 3.03. The predicted octanol–water partition coefficient (Wildman–Crippen LogP) is 2.97. The SMILES string of the molecule is COc1cc(C(=O)Cl)ccc1OC(F)(F)F. The molecule has 0 N–H and O–H groups in total. The maximum absolute atomic E-state index is 11.9. The van der Waals surface area contributed by atoms with Gasteiger partial charge in [-0.3, -0.25) is 4.79 Å². The van der Waals surface area contributed by atoms with E-state index in [4.69, 9.17) is 11.6 Å². The molecule has 0 bridgehead atoms. The fraction of sp³-hybridized carbons (Fsp3) is 0.222. The minimum Gasteiger partial charge on any atom is -0.493 e. The molecule has 0 heterocycles. The van der Waals surface area contributed by atoms with Crippen LogP contribution in [0.2, 0.25) is 0 Å². The van der Waals surface area contributed by atoms with Gasteiger partial charge in [-0.1, -0.05) is 0 Å². The summed E-state index contributed by atoms with van der Waals surface area (Å²) in [5, 5.41) is -0.795. The molecule has 88 valence electrons. The van der Waals surface area contributed by atoms with Crippen LogP contribution in [-0.2, 0) is 0 Å². The molecular weight excluding hydrogens is 249 g/mol. The molecule has 1 rings (SSSR count). The molecule has 0 saturated heterocycles. The number of benzene rings is 1. The van der Waals surface area contributed by atoms with E-state index in [2.05, 4.69) is 9.47 Å². The summed E-state index contributed by atoms with van der Waals surface area (Å²) in [5.74, 6) is -0.750. The summed E-state index contributed by atoms with van der Waals surface area (Å²) in [7, 11) is 1.15. The molecule has 0 saturated carbocycles. The van der Waals surface area contributed by atoms with Crippen molar-refractivity contribution >= 4 is 16.8 Å². The number of carbonyl (C=O) groups excluding carboxylic acids is 1. The van der Waals surface area contributed by atoms with Crippen molar-refractivity contribution in [3.05, 3.63) is 23.8 Å². The van der Waals surface area contributed by atoms with Crippen LogP contribution in [-0.4, -0.2) is 18.7 Å². The van der Waals surface area contributed by atoms with Crippen molar-refractivity contribution in [3.8, 4) is 11.5 Å². The first-order chi connectivity index (χ1) is 7.33. The first-order valence-electron chi connectivity index (χ1n) is 3.97. The van der Waals surface area contributed by atoms with Gasteiger partial charge in [-0.05, 0) is 29.8 Å². The van der Waals surface area contributed by atoms with Gasteiger partial charge in [-0.25, -0.2) is 0 Å². The maximum Gasteiger partial charge on any atom is 0.573 e. The van der Waals surface area contributed by atoms with E-state index >= 15 is 0 Å². The third-order valence-corrected chi connectivity index (χ3v) is 1.83. The molecule has 7 heteroatoms. The Morgan fingerprint density at radius 2 is 1.94 bits per heavy atom. The molecule has 1 aromatic rings. The summed E-state index contributed by atoms with van der Waals surface area (Å²) in [5.41, 5.74) is 0.0213. The summed E-state index contributed by atoms with van der Waals surface area (Å²) < 4.78 is 44.2. The number of hydrogen-bond donors (Lipinski definition) is 0. The van der Waals surface area contributed by atoms with Crippen molar-refractivity contribution in [2.24, 2.45) is 0 Å². The molecule has 0 aliphatic carbocycles. The van der Waals surface area contributed by atoms with Crippen LogP contribution < -0.4 is 9.47 Å². The summed E-state index contributed by atoms with van der Waals surface area (Å²) in [6, 6.07) is 3.14. The van der Waals surface area contributed by atoms with Crippen LogP contribution in [0.15, 0.2) is 18.2 Å². The van der Waals surface area contributed by atoms with Gasteiger partial charge in [0.25, 0.3) is 5.24 Å². The van der Waals surface area contributed by atoms with Gasteiger partial charge in [0.2, 0.25) is 0 Å². The van der Waals surface area contributed by atoms with Crippen molar-refractivity contribution < 1.29 is 27.4 Å². The minimum atomic E-state index is -4.82. The van der Waals surface area contributed by atoms with Crippen molar-refractivity contribution in [2.45, 2.75) is 6.36 Å². The van der Waals surface area contributed by atoms with Gasteiger partial charge in [0.1, 0.15) is 0 Å². The second kappa shape index (κ2) is 4.61. The smallest absolute Gasteiger partial charge is 0.493 e. The lowest BCUT2D eigenvalue weighted by Gasteiger charge is -2.12. The number of methoxy groups -OCH3 is 1. The molecular formula is C9H6ClF3O3. The Kier molecular flexibility index (Phi) is 3.64. The molecule has 16 heavy (non-hydrogen) atoms. The summed E-state index contributed by atoms with van der Waals surface area (Å²) in [6.45, 7) is 0. The highest BCUT2D eigenvalue weighted by molar-refractivity contribution is 6.67. The topological polar surface area (TPSA) is 35.5 Å². The molecule has 0 aliphatic heterocycles. The van der Waals surface area contributed by atoms with Crippen LogP contribution in [0.1, 0.15) is 10.4 Å². The van der Waals surface area contributed by atoms with E-state index < -0.39 is 17.4 Å². The molecule has 0 atom stereocenters. The monoisotopic (exact) mass is 254 g/mol. The van der Waals surface area contributed by atoms with Crippen LogP contribution in [0, 0.1) is 0 Å². The van der Waals surface area contributed by atoms with Crippen LogP contribution in [0.4, 0.5) is 13.2 Å². The lowest BCUT2D eigenvalue weighted by Crippen LogP contribution is -2.17. The first kappa shape index (κ1) is 12.6. The van der Waals surface area contributed by atoms with Crippen LogP contribution in [0.3, 0.4) is 0 Å². The largest absolute Gasteiger partial charge is 0.573 e. The zero-order chi connectivity index (χ0) is 12.3. The van der Waals surface area contributed by atoms with E-state index in [1.807, 2.05) is 0 Å². The molecule has 0 spiro atoms. The molecule has 1 aromatic carbocycles. The zero-order valence-corrected chi connectivity index (χ0v) is 8.72. The third kappa shape index (κ3) is 3.30. The van der Waals surface area contributed by atoms with Crippen molar-refractivity contribution in [1.82, 2.24) is 0 Å². The van der Waals surface area contributed by atoms with E-state index in [0.29, 0.717) is 0 Å². The molecule has 0 fully saturated rings. The van der Waals surface area contributed by atoms with Gasteiger partial charge >= 0.3 is 6.36 Å². The van der Waals surface area contributed by atoms with Gasteiger partial charge in [0.05, 0.1) is 7.11 Å². The Labute approximate surface area is 93.7 Å². The van der Waals surface area contributed by atoms with Crippen molar-refractivity contribution in [1.29, 1.82) is 0 Å². The number of halogens is 4. The van der Waals surface area contributed by atoms with Gasteiger partial charge in [-0.2, -0.15) is 0 Å². The predicted molar refractivity (Wildman–Crippen MR) is 49.9 cm³/mol. The summed E-state index contributed by atoms with van der Waals surface area (Å²) in [4.78, 5) is 10.8. The van der Waals surface area contributed by atoms with Crippen LogP contribution >= 0.6 is 11.6 Å². The molecule has 0 aliphatic rings. The quantitative estimate of drug-likeness (QED) is 0.778. The Bertz CT molecular complexity index is 403. The molecule has 0 amide bonds. The average Bonchev–Trinajstić information content (AvgIpc) is 2.15. The van der Waals surface area contributed by atoms with Crippen molar-refractivity contribution in [3.63, 3.8) is 0 Å². The zero-order valence-electron chi connectivity index (χ0n) is 7.97. The van der Waals surface area contributed by atoms with Crippen LogP contribution in [0.5, 0.6) is 11.5 Å². The van der Waals surface area contributed by atoms with Gasteiger partial charge < -0.3 is 9.47 Å². The molecule has 0 radical (unpaired) electrons. The average molecular weight is 255 g/mol. The third-order valence-electron chi connectivity index (χ3n) is 1.62. The Morgan fingerprint density at radius 1 is 1.31 bits per heavy atom. The molecule has 0 unspecified atom stereocenters. The fourth-order valence-corrected chi connectivity index (χ4v) is 1.12. The van der Waals surface area contributed by atoms with E-state index in [1.54, 1.807) is 0 Å². The maximum atomic E-state index is 11.9.